The van der Waals surface area contributed by atoms with Crippen LogP contribution in [0.5, 0.6) is 0 Å². The monoisotopic (exact) mass is 355 g/mol. The number of hydrogen-bond acceptors (Lipinski definition) is 2. The standard InChI is InChI=1S/C18H19F2NO2.ClH/c1-9-5-13(19)6-10(2)17(9)12-4-11(3)18(20)14(7-12)15(21)8-16(22)23;/h4-7,15H,8,21H2,1-3H3,(H,22,23);1H/t15-;/m0./s1. The lowest BCUT2D eigenvalue weighted by Gasteiger charge is -2.17. The van der Waals surface area contributed by atoms with E-state index in [0.717, 1.165) is 16.7 Å². The molecule has 0 bridgehead atoms. The zero-order valence-electron chi connectivity index (χ0n) is 13.7. The number of aryl methyl sites for hydroxylation is 3. The van der Waals surface area contributed by atoms with E-state index < -0.39 is 17.8 Å². The zero-order chi connectivity index (χ0) is 17.3. The van der Waals surface area contributed by atoms with Crippen molar-refractivity contribution >= 4 is 18.4 Å². The Kier molecular flexibility index (Phi) is 6.46. The summed E-state index contributed by atoms with van der Waals surface area (Å²) in [6, 6.07) is 5.12. The summed E-state index contributed by atoms with van der Waals surface area (Å²) in [4.78, 5) is 10.8. The van der Waals surface area contributed by atoms with Crippen LogP contribution in [0, 0.1) is 32.4 Å². The number of rotatable bonds is 4. The van der Waals surface area contributed by atoms with Gasteiger partial charge >= 0.3 is 5.97 Å². The van der Waals surface area contributed by atoms with Crippen molar-refractivity contribution in [3.8, 4) is 11.1 Å². The fraction of sp³-hybridized carbons (Fsp3) is 0.278. The first-order valence-corrected chi connectivity index (χ1v) is 7.25. The Morgan fingerprint density at radius 2 is 1.62 bits per heavy atom. The molecule has 0 aromatic heterocycles. The fourth-order valence-corrected chi connectivity index (χ4v) is 2.88. The molecular formula is C18H20ClF2NO2. The Labute approximate surface area is 145 Å². The van der Waals surface area contributed by atoms with Gasteiger partial charge in [-0.2, -0.15) is 0 Å². The quantitative estimate of drug-likeness (QED) is 0.851. The van der Waals surface area contributed by atoms with Gasteiger partial charge in [0.05, 0.1) is 6.42 Å². The number of carboxylic acid groups (broad SMARTS) is 1. The smallest absolute Gasteiger partial charge is 0.305 e. The minimum Gasteiger partial charge on any atom is -0.481 e. The van der Waals surface area contributed by atoms with Gasteiger partial charge < -0.3 is 10.8 Å². The van der Waals surface area contributed by atoms with E-state index >= 15 is 0 Å². The maximum absolute atomic E-state index is 14.3. The van der Waals surface area contributed by atoms with Crippen LogP contribution in [0.15, 0.2) is 24.3 Å². The Balaban J connectivity index is 0.00000288. The van der Waals surface area contributed by atoms with Crippen LogP contribution in [0.25, 0.3) is 11.1 Å². The van der Waals surface area contributed by atoms with Crippen LogP contribution in [0.4, 0.5) is 8.78 Å². The molecule has 24 heavy (non-hydrogen) atoms. The first-order valence-electron chi connectivity index (χ1n) is 7.25. The second-order valence-corrected chi connectivity index (χ2v) is 5.82. The number of hydrogen-bond donors (Lipinski definition) is 2. The van der Waals surface area contributed by atoms with E-state index in [1.807, 2.05) is 0 Å². The van der Waals surface area contributed by atoms with Gasteiger partial charge in [-0.15, -0.1) is 12.4 Å². The molecule has 0 fully saturated rings. The SMILES string of the molecule is Cc1cc(-c2c(C)cc(F)cc2C)cc([C@@H](N)CC(=O)O)c1F.Cl. The molecular weight excluding hydrogens is 336 g/mol. The summed E-state index contributed by atoms with van der Waals surface area (Å²) < 4.78 is 27.8. The molecule has 0 saturated carbocycles. The molecule has 2 aromatic rings. The van der Waals surface area contributed by atoms with E-state index in [2.05, 4.69) is 0 Å². The van der Waals surface area contributed by atoms with Crippen molar-refractivity contribution in [3.63, 3.8) is 0 Å². The van der Waals surface area contributed by atoms with Crippen molar-refractivity contribution in [2.45, 2.75) is 33.2 Å². The molecule has 2 rings (SSSR count). The van der Waals surface area contributed by atoms with Crippen LogP contribution in [0.2, 0.25) is 0 Å². The molecule has 0 amide bonds. The predicted molar refractivity (Wildman–Crippen MR) is 92.4 cm³/mol. The molecule has 0 heterocycles. The first-order chi connectivity index (χ1) is 10.7. The van der Waals surface area contributed by atoms with E-state index in [4.69, 9.17) is 10.8 Å². The Morgan fingerprint density at radius 3 is 2.12 bits per heavy atom. The number of carboxylic acids is 1. The highest BCUT2D eigenvalue weighted by atomic mass is 35.5. The lowest BCUT2D eigenvalue weighted by atomic mass is 9.91. The van der Waals surface area contributed by atoms with Crippen molar-refractivity contribution in [1.29, 1.82) is 0 Å². The van der Waals surface area contributed by atoms with Gasteiger partial charge in [-0.1, -0.05) is 0 Å². The average Bonchev–Trinajstić information content (AvgIpc) is 2.40. The molecule has 1 atom stereocenters. The highest BCUT2D eigenvalue weighted by Gasteiger charge is 2.19. The number of benzene rings is 2. The van der Waals surface area contributed by atoms with E-state index in [1.54, 1.807) is 32.9 Å². The third-order valence-corrected chi connectivity index (χ3v) is 3.86. The average molecular weight is 356 g/mol. The number of nitrogens with two attached hydrogens (primary N) is 1. The minimum absolute atomic E-state index is 0. The molecule has 6 heteroatoms. The van der Waals surface area contributed by atoms with E-state index in [0.29, 0.717) is 11.1 Å². The summed E-state index contributed by atoms with van der Waals surface area (Å²) >= 11 is 0. The fourth-order valence-electron chi connectivity index (χ4n) is 2.88. The first kappa shape index (κ1) is 20.1. The van der Waals surface area contributed by atoms with Crippen LogP contribution < -0.4 is 5.73 Å². The van der Waals surface area contributed by atoms with Crippen LogP contribution >= 0.6 is 12.4 Å². The van der Waals surface area contributed by atoms with Gasteiger partial charge in [0.2, 0.25) is 0 Å². The highest BCUT2D eigenvalue weighted by molar-refractivity contribution is 5.85. The van der Waals surface area contributed by atoms with Gasteiger partial charge in [-0.05, 0) is 72.9 Å². The van der Waals surface area contributed by atoms with Crippen molar-refractivity contribution in [2.24, 2.45) is 5.73 Å². The van der Waals surface area contributed by atoms with Gasteiger partial charge in [0.25, 0.3) is 0 Å². The van der Waals surface area contributed by atoms with Crippen molar-refractivity contribution in [1.82, 2.24) is 0 Å². The summed E-state index contributed by atoms with van der Waals surface area (Å²) in [5, 5.41) is 8.87. The molecule has 0 aliphatic carbocycles. The zero-order valence-corrected chi connectivity index (χ0v) is 14.5. The second kappa shape index (κ2) is 7.73. The predicted octanol–water partition coefficient (Wildman–Crippen LogP) is 4.45. The molecule has 3 N–H and O–H groups in total. The van der Waals surface area contributed by atoms with Gasteiger partial charge in [-0.3, -0.25) is 4.79 Å². The van der Waals surface area contributed by atoms with Gasteiger partial charge in [-0.25, -0.2) is 8.78 Å². The summed E-state index contributed by atoms with van der Waals surface area (Å²) in [7, 11) is 0. The molecule has 3 nitrogen and oxygen atoms in total. The Morgan fingerprint density at radius 1 is 1.08 bits per heavy atom. The lowest BCUT2D eigenvalue weighted by molar-refractivity contribution is -0.137. The topological polar surface area (TPSA) is 63.3 Å². The normalized spacial score (nSPS) is 11.8. The summed E-state index contributed by atoms with van der Waals surface area (Å²) in [5.74, 6) is -1.92. The number of carbonyl (C=O) groups is 1. The molecule has 0 spiro atoms. The maximum Gasteiger partial charge on any atom is 0.305 e. The van der Waals surface area contributed by atoms with Crippen molar-refractivity contribution in [2.75, 3.05) is 0 Å². The second-order valence-electron chi connectivity index (χ2n) is 5.82. The number of aliphatic carboxylic acids is 1. The largest absolute Gasteiger partial charge is 0.481 e. The molecule has 130 valence electrons. The Bertz CT molecular complexity index is 755. The van der Waals surface area contributed by atoms with Crippen molar-refractivity contribution < 1.29 is 18.7 Å². The van der Waals surface area contributed by atoms with Crippen LogP contribution in [0.1, 0.15) is 34.7 Å². The van der Waals surface area contributed by atoms with Gasteiger partial charge in [0, 0.05) is 11.6 Å². The number of halogens is 3. The van der Waals surface area contributed by atoms with E-state index in [1.165, 1.54) is 12.1 Å². The summed E-state index contributed by atoms with van der Waals surface area (Å²) in [5.41, 5.74) is 9.33. The molecule has 0 aliphatic rings. The van der Waals surface area contributed by atoms with Gasteiger partial charge in [0.15, 0.2) is 0 Å². The summed E-state index contributed by atoms with van der Waals surface area (Å²) in [6.45, 7) is 5.16. The molecule has 0 aliphatic heterocycles. The maximum atomic E-state index is 14.3. The van der Waals surface area contributed by atoms with Crippen LogP contribution in [-0.2, 0) is 4.79 Å². The molecule has 2 aromatic carbocycles. The molecule has 0 saturated heterocycles. The molecule has 0 unspecified atom stereocenters. The third kappa shape index (κ3) is 4.10. The third-order valence-electron chi connectivity index (χ3n) is 3.86. The van der Waals surface area contributed by atoms with E-state index in [-0.39, 0.29) is 30.2 Å². The van der Waals surface area contributed by atoms with Gasteiger partial charge in [0.1, 0.15) is 11.6 Å². The van der Waals surface area contributed by atoms with Crippen molar-refractivity contribution in [3.05, 3.63) is 58.2 Å². The highest BCUT2D eigenvalue weighted by Crippen LogP contribution is 2.33. The van der Waals surface area contributed by atoms with Crippen LogP contribution in [0.3, 0.4) is 0 Å². The molecule has 0 radical (unpaired) electrons. The lowest BCUT2D eigenvalue weighted by Crippen LogP contribution is -2.17. The van der Waals surface area contributed by atoms with Crippen LogP contribution in [-0.4, -0.2) is 11.1 Å². The summed E-state index contributed by atoms with van der Waals surface area (Å²) in [6.07, 6.45) is -0.360. The minimum atomic E-state index is -1.09. The Hall–Kier alpha value is -1.98. The van der Waals surface area contributed by atoms with E-state index in [9.17, 15) is 13.6 Å².